The highest BCUT2D eigenvalue weighted by Gasteiger charge is 2.23. The Morgan fingerprint density at radius 1 is 1.25 bits per heavy atom. The number of allylic oxidation sites excluding steroid dienone is 2. The van der Waals surface area contributed by atoms with E-state index in [0.29, 0.717) is 0 Å². The van der Waals surface area contributed by atoms with Crippen LogP contribution in [0.4, 0.5) is 5.69 Å². The van der Waals surface area contributed by atoms with E-state index in [2.05, 4.69) is 65.0 Å². The summed E-state index contributed by atoms with van der Waals surface area (Å²) in [5.74, 6) is 0. The van der Waals surface area contributed by atoms with E-state index in [1.807, 2.05) is 6.92 Å². The van der Waals surface area contributed by atoms with Crippen molar-refractivity contribution >= 4 is 23.2 Å². The van der Waals surface area contributed by atoms with Crippen molar-refractivity contribution in [2.45, 2.75) is 26.3 Å². The Labute approximate surface area is 167 Å². The van der Waals surface area contributed by atoms with Gasteiger partial charge in [-0.1, -0.05) is 24.3 Å². The zero-order chi connectivity index (χ0) is 20.1. The van der Waals surface area contributed by atoms with E-state index >= 15 is 0 Å². The van der Waals surface area contributed by atoms with E-state index in [-0.39, 0.29) is 6.04 Å². The van der Waals surface area contributed by atoms with E-state index < -0.39 is 0 Å². The lowest BCUT2D eigenvalue weighted by Crippen LogP contribution is -2.16. The minimum absolute atomic E-state index is 0.152. The number of nitrogens with two attached hydrogens (primary N) is 2. The fourth-order valence-electron chi connectivity index (χ4n) is 3.64. The molecule has 0 aromatic heterocycles. The first-order valence-corrected chi connectivity index (χ1v) is 9.55. The number of nitrogens with one attached hydrogen (secondary N) is 2. The fraction of sp³-hybridized carbons (Fsp3) is 0.261. The van der Waals surface area contributed by atoms with Gasteiger partial charge in [0.1, 0.15) is 0 Å². The van der Waals surface area contributed by atoms with Crippen LogP contribution in [0.5, 0.6) is 0 Å². The third-order valence-corrected chi connectivity index (χ3v) is 4.97. The molecular formula is C23H29N5. The molecule has 1 aliphatic heterocycles. The molecule has 0 spiro atoms. The van der Waals surface area contributed by atoms with E-state index in [9.17, 15) is 0 Å². The maximum absolute atomic E-state index is 6.19. The van der Waals surface area contributed by atoms with Crippen molar-refractivity contribution in [2.24, 2.45) is 16.5 Å². The molecule has 0 aliphatic carbocycles. The average Bonchev–Trinajstić information content (AvgIpc) is 2.85. The lowest BCUT2D eigenvalue weighted by molar-refractivity contribution is 0.682. The summed E-state index contributed by atoms with van der Waals surface area (Å²) in [5.41, 5.74) is 20.4. The van der Waals surface area contributed by atoms with Crippen molar-refractivity contribution in [3.63, 3.8) is 0 Å². The maximum atomic E-state index is 6.19. The normalized spacial score (nSPS) is 19.0. The van der Waals surface area contributed by atoms with Gasteiger partial charge in [0.2, 0.25) is 0 Å². The van der Waals surface area contributed by atoms with Gasteiger partial charge in [0.15, 0.2) is 0 Å². The minimum Gasteiger partial charge on any atom is -0.404 e. The van der Waals surface area contributed by atoms with Gasteiger partial charge in [0.25, 0.3) is 0 Å². The zero-order valence-corrected chi connectivity index (χ0v) is 16.8. The van der Waals surface area contributed by atoms with E-state index in [4.69, 9.17) is 11.5 Å². The molecule has 0 radical (unpaired) electrons. The van der Waals surface area contributed by atoms with Crippen molar-refractivity contribution in [3.8, 4) is 0 Å². The van der Waals surface area contributed by atoms with Gasteiger partial charge in [-0.15, -0.1) is 0 Å². The number of benzene rings is 2. The first-order valence-electron chi connectivity index (χ1n) is 9.55. The Balaban J connectivity index is 2.10. The highest BCUT2D eigenvalue weighted by Crippen LogP contribution is 2.34. The summed E-state index contributed by atoms with van der Waals surface area (Å²) in [6.07, 6.45) is 4.31. The summed E-state index contributed by atoms with van der Waals surface area (Å²) in [6, 6.07) is 15.0. The third kappa shape index (κ3) is 4.19. The van der Waals surface area contributed by atoms with Gasteiger partial charge in [-0.25, -0.2) is 0 Å². The molecule has 0 amide bonds. The molecule has 28 heavy (non-hydrogen) atoms. The number of nitrogens with zero attached hydrogens (tertiary/aromatic N) is 1. The molecule has 1 aliphatic rings. The monoisotopic (exact) mass is 375 g/mol. The largest absolute Gasteiger partial charge is 0.404 e. The first kappa shape index (κ1) is 19.5. The molecule has 5 heteroatoms. The van der Waals surface area contributed by atoms with E-state index in [1.165, 1.54) is 11.1 Å². The van der Waals surface area contributed by atoms with Crippen LogP contribution >= 0.6 is 0 Å². The van der Waals surface area contributed by atoms with Crippen LogP contribution in [0.3, 0.4) is 0 Å². The number of aryl methyl sites for hydroxylation is 1. The van der Waals surface area contributed by atoms with Gasteiger partial charge >= 0.3 is 0 Å². The second-order valence-electron chi connectivity index (χ2n) is 7.15. The topological polar surface area (TPSA) is 88.5 Å². The van der Waals surface area contributed by atoms with Crippen LogP contribution in [0.25, 0.3) is 11.3 Å². The molecule has 5 nitrogen and oxygen atoms in total. The molecule has 1 unspecified atom stereocenters. The highest BCUT2D eigenvalue weighted by atomic mass is 15.0. The predicted molar refractivity (Wildman–Crippen MR) is 120 cm³/mol. The van der Waals surface area contributed by atoms with Crippen LogP contribution < -0.4 is 22.1 Å². The van der Waals surface area contributed by atoms with Crippen molar-refractivity contribution in [1.82, 2.24) is 5.32 Å². The average molecular weight is 376 g/mol. The standard InChI is InChI=1S/C23H29N5/c1-15-5-4-6-19(11-15)28-22-9-10-27-23(16(2)25)20-8-7-17(12-21(20)22)18(13-24)14-26-3/h4-8,11-14,22,27-28H,9-10,24-25H2,1-3H3/b18-13?,23-16-,26-14?. The fourth-order valence-corrected chi connectivity index (χ4v) is 3.64. The van der Waals surface area contributed by atoms with Crippen LogP contribution in [0.2, 0.25) is 0 Å². The number of hydrogen-bond donors (Lipinski definition) is 4. The molecule has 3 rings (SSSR count). The number of hydrogen-bond acceptors (Lipinski definition) is 5. The van der Waals surface area contributed by atoms with Gasteiger partial charge in [0, 0.05) is 48.5 Å². The lowest BCUT2D eigenvalue weighted by Gasteiger charge is -2.22. The van der Waals surface area contributed by atoms with Crippen molar-refractivity contribution in [3.05, 3.63) is 76.6 Å². The van der Waals surface area contributed by atoms with Gasteiger partial charge in [-0.3, -0.25) is 4.99 Å². The summed E-state index contributed by atoms with van der Waals surface area (Å²) in [7, 11) is 1.75. The summed E-state index contributed by atoms with van der Waals surface area (Å²) in [4.78, 5) is 4.12. The molecule has 2 aromatic rings. The Morgan fingerprint density at radius 3 is 2.75 bits per heavy atom. The SMILES string of the molecule is CN=CC(=CN)c1ccc2c(c1)C(Nc1cccc(C)c1)CCN/C2=C(/C)N. The second-order valence-corrected chi connectivity index (χ2v) is 7.15. The van der Waals surface area contributed by atoms with Crippen molar-refractivity contribution in [1.29, 1.82) is 0 Å². The Bertz CT molecular complexity index is 936. The van der Waals surface area contributed by atoms with E-state index in [1.54, 1.807) is 19.5 Å². The predicted octanol–water partition coefficient (Wildman–Crippen LogP) is 3.79. The lowest BCUT2D eigenvalue weighted by atomic mass is 9.92. The van der Waals surface area contributed by atoms with Gasteiger partial charge in [0.05, 0.1) is 11.7 Å². The summed E-state index contributed by atoms with van der Waals surface area (Å²) >= 11 is 0. The molecule has 1 heterocycles. The third-order valence-electron chi connectivity index (χ3n) is 4.97. The number of aliphatic imine (C=N–C) groups is 1. The van der Waals surface area contributed by atoms with Crippen molar-refractivity contribution in [2.75, 3.05) is 18.9 Å². The highest BCUT2D eigenvalue weighted by molar-refractivity contribution is 6.09. The molecule has 2 aromatic carbocycles. The molecule has 0 saturated carbocycles. The van der Waals surface area contributed by atoms with Crippen LogP contribution in [0.1, 0.15) is 41.6 Å². The Hall–Kier alpha value is -3.21. The number of anilines is 1. The smallest absolute Gasteiger partial charge is 0.0605 e. The molecule has 6 N–H and O–H groups in total. The Morgan fingerprint density at radius 2 is 2.07 bits per heavy atom. The van der Waals surface area contributed by atoms with E-state index in [0.717, 1.165) is 46.7 Å². The van der Waals surface area contributed by atoms with Crippen LogP contribution in [0.15, 0.2) is 59.4 Å². The van der Waals surface area contributed by atoms with Crippen molar-refractivity contribution < 1.29 is 0 Å². The quantitative estimate of drug-likeness (QED) is 0.612. The summed E-state index contributed by atoms with van der Waals surface area (Å²) in [5, 5.41) is 7.21. The zero-order valence-electron chi connectivity index (χ0n) is 16.8. The van der Waals surface area contributed by atoms with Gasteiger partial charge in [-0.05, 0) is 55.2 Å². The van der Waals surface area contributed by atoms with Crippen LogP contribution in [-0.4, -0.2) is 19.8 Å². The first-order chi connectivity index (χ1) is 13.5. The summed E-state index contributed by atoms with van der Waals surface area (Å²) < 4.78 is 0. The van der Waals surface area contributed by atoms with Crippen LogP contribution in [-0.2, 0) is 0 Å². The van der Waals surface area contributed by atoms with Crippen LogP contribution in [0, 0.1) is 6.92 Å². The number of fused-ring (bicyclic) bond motifs is 1. The molecular weight excluding hydrogens is 346 g/mol. The van der Waals surface area contributed by atoms with Gasteiger partial charge in [-0.2, -0.15) is 0 Å². The summed E-state index contributed by atoms with van der Waals surface area (Å²) in [6.45, 7) is 4.88. The molecule has 146 valence electrons. The molecule has 1 atom stereocenters. The maximum Gasteiger partial charge on any atom is 0.0605 e. The molecule has 0 bridgehead atoms. The number of rotatable bonds is 4. The Kier molecular flexibility index (Phi) is 6.04. The second kappa shape index (κ2) is 8.65. The molecule has 0 fully saturated rings. The molecule has 0 saturated heterocycles. The van der Waals surface area contributed by atoms with Gasteiger partial charge < -0.3 is 22.1 Å². The minimum atomic E-state index is 0.152.